The molecular weight excluding hydrogens is 386 g/mol. The van der Waals surface area contributed by atoms with Crippen molar-refractivity contribution in [1.29, 1.82) is 0 Å². The van der Waals surface area contributed by atoms with E-state index in [4.69, 9.17) is 9.84 Å². The maximum atomic E-state index is 12.7. The molecule has 29 heavy (non-hydrogen) atoms. The van der Waals surface area contributed by atoms with Crippen molar-refractivity contribution in [3.63, 3.8) is 0 Å². The van der Waals surface area contributed by atoms with Gasteiger partial charge < -0.3 is 14.7 Å². The summed E-state index contributed by atoms with van der Waals surface area (Å²) >= 11 is 0. The average Bonchev–Trinajstić information content (AvgIpc) is 2.90. The number of likely N-dealkylation sites (N-methyl/N-ethyl adjacent to an activating group) is 1. The summed E-state index contributed by atoms with van der Waals surface area (Å²) in [5.74, 6) is -4.14. The van der Waals surface area contributed by atoms with E-state index in [1.807, 2.05) is 0 Å². The van der Waals surface area contributed by atoms with Gasteiger partial charge in [-0.25, -0.2) is 0 Å². The summed E-state index contributed by atoms with van der Waals surface area (Å²) in [5, 5.41) is 10.8. The maximum Gasteiger partial charge on any atom is 0.323 e. The monoisotopic (exact) mass is 403 g/mol. The first kappa shape index (κ1) is 20.0. The van der Waals surface area contributed by atoms with Crippen LogP contribution in [-0.4, -0.2) is 76.7 Å². The number of aliphatic carboxylic acids is 1. The molecule has 1 fully saturated rings. The lowest BCUT2D eigenvalue weighted by Gasteiger charge is -2.27. The molecule has 0 radical (unpaired) electrons. The molecule has 0 aliphatic carbocycles. The summed E-state index contributed by atoms with van der Waals surface area (Å²) < 4.78 is 5.31. The average molecular weight is 403 g/mol. The molecule has 0 aromatic heterocycles. The Hall–Kier alpha value is -3.76. The van der Waals surface area contributed by atoms with Crippen LogP contribution >= 0.6 is 0 Å². The summed E-state index contributed by atoms with van der Waals surface area (Å²) in [6.45, 7) is -0.943. The molecule has 2 heterocycles. The molecule has 1 aromatic rings. The number of rotatable bonds is 6. The zero-order chi connectivity index (χ0) is 21.3. The lowest BCUT2D eigenvalue weighted by atomic mass is 10.0. The van der Waals surface area contributed by atoms with Gasteiger partial charge in [-0.05, 0) is 24.6 Å². The largest absolute Gasteiger partial charge is 0.484 e. The van der Waals surface area contributed by atoms with E-state index < -0.39 is 54.7 Å². The van der Waals surface area contributed by atoms with Crippen LogP contribution in [-0.2, 0) is 19.2 Å². The number of piperidine rings is 1. The van der Waals surface area contributed by atoms with E-state index in [1.165, 1.54) is 25.2 Å². The molecule has 0 saturated carbocycles. The number of hydrogen-bond acceptors (Lipinski definition) is 7. The number of carbonyl (C=O) groups excluding carboxylic acids is 5. The maximum absolute atomic E-state index is 12.7. The van der Waals surface area contributed by atoms with Crippen molar-refractivity contribution in [2.75, 3.05) is 20.2 Å². The van der Waals surface area contributed by atoms with Crippen molar-refractivity contribution in [2.45, 2.75) is 18.9 Å². The first-order valence-corrected chi connectivity index (χ1v) is 8.63. The van der Waals surface area contributed by atoms with E-state index in [0.717, 1.165) is 9.80 Å². The smallest absolute Gasteiger partial charge is 0.323 e. The van der Waals surface area contributed by atoms with Crippen molar-refractivity contribution in [2.24, 2.45) is 0 Å². The van der Waals surface area contributed by atoms with Gasteiger partial charge in [0, 0.05) is 13.5 Å². The Labute approximate surface area is 164 Å². The highest BCUT2D eigenvalue weighted by molar-refractivity contribution is 6.23. The normalized spacial score (nSPS) is 18.4. The molecule has 1 aromatic carbocycles. The van der Waals surface area contributed by atoms with Crippen LogP contribution < -0.4 is 10.1 Å². The number of ether oxygens (including phenoxy) is 1. The van der Waals surface area contributed by atoms with E-state index in [1.54, 1.807) is 0 Å². The highest BCUT2D eigenvalue weighted by atomic mass is 16.5. The molecule has 2 aliphatic heterocycles. The third kappa shape index (κ3) is 3.93. The molecule has 2 aliphatic rings. The fourth-order valence-corrected chi connectivity index (χ4v) is 3.09. The van der Waals surface area contributed by atoms with Crippen molar-refractivity contribution >= 4 is 35.5 Å². The van der Waals surface area contributed by atoms with E-state index >= 15 is 0 Å². The summed E-state index contributed by atoms with van der Waals surface area (Å²) in [6, 6.07) is 2.95. The number of benzene rings is 1. The van der Waals surface area contributed by atoms with Gasteiger partial charge in [-0.2, -0.15) is 0 Å². The summed E-state index contributed by atoms with van der Waals surface area (Å²) in [6.07, 6.45) is 0.0635. The van der Waals surface area contributed by atoms with E-state index in [2.05, 4.69) is 5.32 Å². The summed E-state index contributed by atoms with van der Waals surface area (Å²) in [5.41, 5.74) is 0.102. The minimum atomic E-state index is -1.17. The molecule has 152 valence electrons. The van der Waals surface area contributed by atoms with Gasteiger partial charge in [0.2, 0.25) is 11.8 Å². The Morgan fingerprint density at radius 3 is 2.55 bits per heavy atom. The Morgan fingerprint density at radius 2 is 1.90 bits per heavy atom. The predicted octanol–water partition coefficient (Wildman–Crippen LogP) is -0.990. The highest BCUT2D eigenvalue weighted by Crippen LogP contribution is 2.30. The van der Waals surface area contributed by atoms with Crippen LogP contribution in [0.2, 0.25) is 0 Å². The number of carboxylic acid groups (broad SMARTS) is 1. The van der Waals surface area contributed by atoms with Gasteiger partial charge in [-0.1, -0.05) is 0 Å². The first-order valence-electron chi connectivity index (χ1n) is 8.63. The zero-order valence-corrected chi connectivity index (χ0v) is 15.3. The van der Waals surface area contributed by atoms with Crippen molar-refractivity contribution in [3.05, 3.63) is 29.3 Å². The lowest BCUT2D eigenvalue weighted by molar-refractivity contribution is -0.144. The SMILES string of the molecule is CN(CC(=O)O)C(=O)COc1ccc2c(c1)C(=O)N(C1CCC(=O)NC1=O)C2=O. The van der Waals surface area contributed by atoms with Crippen LogP contribution in [0.15, 0.2) is 18.2 Å². The topological polar surface area (TPSA) is 150 Å². The highest BCUT2D eigenvalue weighted by Gasteiger charge is 2.44. The minimum absolute atomic E-state index is 0.0172. The minimum Gasteiger partial charge on any atom is -0.484 e. The van der Waals surface area contributed by atoms with Gasteiger partial charge in [-0.15, -0.1) is 0 Å². The molecular formula is C18H17N3O8. The summed E-state index contributed by atoms with van der Waals surface area (Å²) in [4.78, 5) is 72.9. The number of amides is 5. The van der Waals surface area contributed by atoms with Crippen LogP contribution in [0.3, 0.4) is 0 Å². The molecule has 11 nitrogen and oxygen atoms in total. The van der Waals surface area contributed by atoms with Crippen molar-refractivity contribution < 1.29 is 38.6 Å². The van der Waals surface area contributed by atoms with Crippen LogP contribution in [0.4, 0.5) is 0 Å². The van der Waals surface area contributed by atoms with Crippen molar-refractivity contribution in [3.8, 4) is 5.75 Å². The second kappa shape index (κ2) is 7.70. The standard InChI is InChI=1S/C18H17N3O8/c1-20(7-15(24)25)14(23)8-29-9-2-3-10-11(6-9)18(28)21(17(10)27)12-4-5-13(22)19-16(12)26/h2-3,6,12H,4-5,7-8H2,1H3,(H,24,25)(H,19,22,26). The fraction of sp³-hybridized carbons (Fsp3) is 0.333. The predicted molar refractivity (Wildman–Crippen MR) is 93.9 cm³/mol. The number of nitrogens with one attached hydrogen (secondary N) is 1. The van der Waals surface area contributed by atoms with Gasteiger partial charge in [0.25, 0.3) is 17.7 Å². The Bertz CT molecular complexity index is 941. The van der Waals surface area contributed by atoms with E-state index in [9.17, 15) is 28.8 Å². The Kier molecular flexibility index (Phi) is 5.31. The molecule has 3 rings (SSSR count). The van der Waals surface area contributed by atoms with Gasteiger partial charge >= 0.3 is 5.97 Å². The number of carbonyl (C=O) groups is 6. The van der Waals surface area contributed by atoms with Crippen LogP contribution in [0, 0.1) is 0 Å². The van der Waals surface area contributed by atoms with Gasteiger partial charge in [0.1, 0.15) is 18.3 Å². The fourth-order valence-electron chi connectivity index (χ4n) is 3.09. The number of fused-ring (bicyclic) bond motifs is 1. The number of imide groups is 2. The van der Waals surface area contributed by atoms with Gasteiger partial charge in [-0.3, -0.25) is 39.0 Å². The quantitative estimate of drug-likeness (QED) is 0.575. The Balaban J connectivity index is 1.72. The first-order chi connectivity index (χ1) is 13.7. The number of nitrogens with zero attached hydrogens (tertiary/aromatic N) is 2. The molecule has 0 spiro atoms. The van der Waals surface area contributed by atoms with Crippen LogP contribution in [0.1, 0.15) is 33.6 Å². The molecule has 2 N–H and O–H groups in total. The number of carboxylic acids is 1. The van der Waals surface area contributed by atoms with Gasteiger partial charge in [0.05, 0.1) is 11.1 Å². The number of hydrogen-bond donors (Lipinski definition) is 2. The molecule has 1 saturated heterocycles. The molecule has 11 heteroatoms. The summed E-state index contributed by atoms with van der Waals surface area (Å²) in [7, 11) is 1.31. The second-order valence-electron chi connectivity index (χ2n) is 6.59. The van der Waals surface area contributed by atoms with Crippen molar-refractivity contribution in [1.82, 2.24) is 15.1 Å². The molecule has 0 bridgehead atoms. The lowest BCUT2D eigenvalue weighted by Crippen LogP contribution is -2.54. The Morgan fingerprint density at radius 1 is 1.21 bits per heavy atom. The zero-order valence-electron chi connectivity index (χ0n) is 15.3. The molecule has 1 unspecified atom stereocenters. The van der Waals surface area contributed by atoms with Crippen LogP contribution in [0.5, 0.6) is 5.75 Å². The van der Waals surface area contributed by atoms with Crippen LogP contribution in [0.25, 0.3) is 0 Å². The molecule has 5 amide bonds. The third-order valence-electron chi connectivity index (χ3n) is 4.57. The van der Waals surface area contributed by atoms with Gasteiger partial charge in [0.15, 0.2) is 6.61 Å². The third-order valence-corrected chi connectivity index (χ3v) is 4.57. The second-order valence-corrected chi connectivity index (χ2v) is 6.59. The van der Waals surface area contributed by atoms with E-state index in [-0.39, 0.29) is 29.7 Å². The van der Waals surface area contributed by atoms with E-state index in [0.29, 0.717) is 0 Å². The molecule has 1 atom stereocenters.